The van der Waals surface area contributed by atoms with Gasteiger partial charge in [-0.2, -0.15) is 0 Å². The molecular formula is C14H15ClN4O3S. The Balaban J connectivity index is 1.92. The predicted octanol–water partition coefficient (Wildman–Crippen LogP) is 1.62. The van der Waals surface area contributed by atoms with E-state index < -0.39 is 5.25 Å². The Morgan fingerprint density at radius 3 is 2.83 bits per heavy atom. The molecule has 0 spiro atoms. The first-order valence-electron chi connectivity index (χ1n) is 6.73. The highest BCUT2D eigenvalue weighted by molar-refractivity contribution is 8.15. The van der Waals surface area contributed by atoms with Gasteiger partial charge in [-0.1, -0.05) is 29.4 Å². The number of carbonyl (C=O) groups is 3. The highest BCUT2D eigenvalue weighted by Gasteiger charge is 2.32. The third kappa shape index (κ3) is 4.97. The Morgan fingerprint density at radius 1 is 1.43 bits per heavy atom. The van der Waals surface area contributed by atoms with Crippen LogP contribution in [0.1, 0.15) is 18.9 Å². The van der Waals surface area contributed by atoms with Gasteiger partial charge in [-0.05, 0) is 24.6 Å². The van der Waals surface area contributed by atoms with Crippen molar-refractivity contribution in [3.63, 3.8) is 0 Å². The van der Waals surface area contributed by atoms with Gasteiger partial charge in [-0.3, -0.25) is 14.4 Å². The number of nitrogens with one attached hydrogen (secondary N) is 3. The van der Waals surface area contributed by atoms with Crippen LogP contribution in [0.4, 0.5) is 5.69 Å². The van der Waals surface area contributed by atoms with Crippen LogP contribution >= 0.6 is 23.4 Å². The van der Waals surface area contributed by atoms with E-state index in [0.717, 1.165) is 17.3 Å². The van der Waals surface area contributed by atoms with E-state index in [1.807, 2.05) is 6.92 Å². The Bertz CT molecular complexity index is 693. The summed E-state index contributed by atoms with van der Waals surface area (Å²) in [4.78, 5) is 34.6. The standard InChI is InChI=1S/C14H15ClN4O3S/c1-7-3-4-9(5-10(7)15)16-12(21)6-11-13(22)17-14(23-11)19-18-8(2)20/h3-5,11H,6H2,1-2H3,(H,16,21)(H,18,20)(H,17,19,22)/t11-/m1/s1. The van der Waals surface area contributed by atoms with E-state index in [4.69, 9.17) is 11.6 Å². The molecule has 1 aliphatic heterocycles. The van der Waals surface area contributed by atoms with Gasteiger partial charge in [0.15, 0.2) is 5.17 Å². The number of hydrazone groups is 1. The minimum Gasteiger partial charge on any atom is -0.326 e. The van der Waals surface area contributed by atoms with Crippen LogP contribution in [-0.2, 0) is 14.4 Å². The molecule has 2 rings (SSSR count). The first-order valence-corrected chi connectivity index (χ1v) is 7.98. The molecule has 3 amide bonds. The molecule has 122 valence electrons. The van der Waals surface area contributed by atoms with Gasteiger partial charge in [0, 0.05) is 24.1 Å². The molecule has 23 heavy (non-hydrogen) atoms. The van der Waals surface area contributed by atoms with E-state index in [1.165, 1.54) is 6.92 Å². The number of amidine groups is 1. The lowest BCUT2D eigenvalue weighted by Gasteiger charge is -2.08. The van der Waals surface area contributed by atoms with Gasteiger partial charge in [0.1, 0.15) is 5.25 Å². The number of thioether (sulfide) groups is 1. The van der Waals surface area contributed by atoms with E-state index in [2.05, 4.69) is 21.2 Å². The lowest BCUT2D eigenvalue weighted by Crippen LogP contribution is -2.28. The highest BCUT2D eigenvalue weighted by Crippen LogP contribution is 2.24. The molecule has 1 saturated heterocycles. The summed E-state index contributed by atoms with van der Waals surface area (Å²) in [7, 11) is 0. The van der Waals surface area contributed by atoms with Gasteiger partial charge < -0.3 is 10.6 Å². The van der Waals surface area contributed by atoms with E-state index in [1.54, 1.807) is 18.2 Å². The normalized spacial score (nSPS) is 18.7. The van der Waals surface area contributed by atoms with Crippen LogP contribution in [0.2, 0.25) is 5.02 Å². The number of amides is 3. The average molecular weight is 355 g/mol. The van der Waals surface area contributed by atoms with Crippen LogP contribution in [0.3, 0.4) is 0 Å². The van der Waals surface area contributed by atoms with Gasteiger partial charge in [-0.25, -0.2) is 5.43 Å². The summed E-state index contributed by atoms with van der Waals surface area (Å²) in [5, 5.41) is 9.16. The zero-order chi connectivity index (χ0) is 17.0. The Morgan fingerprint density at radius 2 is 2.17 bits per heavy atom. The number of halogens is 1. The molecule has 1 fully saturated rings. The maximum absolute atomic E-state index is 12.0. The maximum Gasteiger partial charge on any atom is 0.240 e. The summed E-state index contributed by atoms with van der Waals surface area (Å²) >= 11 is 7.09. The number of carbonyl (C=O) groups excluding carboxylic acids is 3. The van der Waals surface area contributed by atoms with Crippen molar-refractivity contribution in [2.45, 2.75) is 25.5 Å². The van der Waals surface area contributed by atoms with Gasteiger partial charge in [-0.15, -0.1) is 5.10 Å². The van der Waals surface area contributed by atoms with Crippen molar-refractivity contribution in [2.24, 2.45) is 5.10 Å². The third-order valence-corrected chi connectivity index (χ3v) is 4.41. The lowest BCUT2D eigenvalue weighted by atomic mass is 10.2. The number of rotatable bonds is 4. The highest BCUT2D eigenvalue weighted by atomic mass is 35.5. The number of nitrogens with zero attached hydrogens (tertiary/aromatic N) is 1. The molecule has 0 saturated carbocycles. The van der Waals surface area contributed by atoms with Crippen molar-refractivity contribution in [1.82, 2.24) is 10.7 Å². The molecule has 1 heterocycles. The molecule has 1 aliphatic rings. The van der Waals surface area contributed by atoms with E-state index in [-0.39, 0.29) is 29.3 Å². The largest absolute Gasteiger partial charge is 0.326 e. The topological polar surface area (TPSA) is 99.7 Å². The quantitative estimate of drug-likeness (QED) is 0.715. The zero-order valence-corrected chi connectivity index (χ0v) is 14.0. The fraction of sp³-hybridized carbons (Fsp3) is 0.286. The molecule has 0 radical (unpaired) electrons. The van der Waals surface area contributed by atoms with E-state index in [9.17, 15) is 14.4 Å². The number of aryl methyl sites for hydroxylation is 1. The average Bonchev–Trinajstić information content (AvgIpc) is 2.81. The van der Waals surface area contributed by atoms with Crippen LogP contribution in [0.5, 0.6) is 0 Å². The zero-order valence-electron chi connectivity index (χ0n) is 12.5. The molecule has 1 aromatic carbocycles. The number of hydrogen-bond acceptors (Lipinski definition) is 5. The molecule has 1 atom stereocenters. The third-order valence-electron chi connectivity index (χ3n) is 2.92. The molecular weight excluding hydrogens is 340 g/mol. The predicted molar refractivity (Wildman–Crippen MR) is 90.2 cm³/mol. The van der Waals surface area contributed by atoms with Gasteiger partial charge >= 0.3 is 0 Å². The Kier molecular flexibility index (Phi) is 5.62. The monoisotopic (exact) mass is 354 g/mol. The second kappa shape index (κ2) is 7.47. The summed E-state index contributed by atoms with van der Waals surface area (Å²) in [6, 6.07) is 5.19. The number of hydrogen-bond donors (Lipinski definition) is 3. The van der Waals surface area contributed by atoms with Crippen LogP contribution in [0.15, 0.2) is 23.3 Å². The molecule has 0 aromatic heterocycles. The lowest BCUT2D eigenvalue weighted by molar-refractivity contribution is -0.122. The van der Waals surface area contributed by atoms with Crippen molar-refractivity contribution in [3.8, 4) is 0 Å². The maximum atomic E-state index is 12.0. The molecule has 7 nitrogen and oxygen atoms in total. The molecule has 0 unspecified atom stereocenters. The van der Waals surface area contributed by atoms with Crippen LogP contribution in [0.25, 0.3) is 0 Å². The summed E-state index contributed by atoms with van der Waals surface area (Å²) in [6.45, 7) is 3.17. The smallest absolute Gasteiger partial charge is 0.240 e. The number of anilines is 1. The fourth-order valence-electron chi connectivity index (χ4n) is 1.77. The van der Waals surface area contributed by atoms with Crippen LogP contribution in [0, 0.1) is 6.92 Å². The Labute approximate surface area is 142 Å². The fourth-order valence-corrected chi connectivity index (χ4v) is 2.88. The van der Waals surface area contributed by atoms with E-state index >= 15 is 0 Å². The minimum absolute atomic E-state index is 0.0128. The van der Waals surface area contributed by atoms with Crippen molar-refractivity contribution in [3.05, 3.63) is 28.8 Å². The molecule has 9 heteroatoms. The molecule has 1 aromatic rings. The Hall–Kier alpha value is -2.06. The van der Waals surface area contributed by atoms with Crippen molar-refractivity contribution in [1.29, 1.82) is 0 Å². The van der Waals surface area contributed by atoms with E-state index in [0.29, 0.717) is 10.7 Å². The molecule has 0 bridgehead atoms. The minimum atomic E-state index is -0.594. The first kappa shape index (κ1) is 17.3. The SMILES string of the molecule is CC(=O)N/N=C1\NC(=O)[C@@H](CC(=O)Nc2ccc(C)c(Cl)c2)S1. The molecule has 3 N–H and O–H groups in total. The molecule has 0 aliphatic carbocycles. The van der Waals surface area contributed by atoms with Crippen molar-refractivity contribution < 1.29 is 14.4 Å². The van der Waals surface area contributed by atoms with Crippen molar-refractivity contribution in [2.75, 3.05) is 5.32 Å². The second-order valence-electron chi connectivity index (χ2n) is 4.90. The first-order chi connectivity index (χ1) is 10.8. The summed E-state index contributed by atoms with van der Waals surface area (Å²) in [5.74, 6) is -0.973. The summed E-state index contributed by atoms with van der Waals surface area (Å²) in [6.07, 6.45) is -0.0128. The van der Waals surface area contributed by atoms with Crippen LogP contribution in [-0.4, -0.2) is 28.1 Å². The second-order valence-corrected chi connectivity index (χ2v) is 6.50. The van der Waals surface area contributed by atoms with Gasteiger partial charge in [0.05, 0.1) is 0 Å². The van der Waals surface area contributed by atoms with Crippen molar-refractivity contribution >= 4 is 51.9 Å². The van der Waals surface area contributed by atoms with Gasteiger partial charge in [0.25, 0.3) is 0 Å². The van der Waals surface area contributed by atoms with Gasteiger partial charge in [0.2, 0.25) is 17.7 Å². The summed E-state index contributed by atoms with van der Waals surface area (Å²) < 4.78 is 0. The van der Waals surface area contributed by atoms with Crippen LogP contribution < -0.4 is 16.1 Å². The summed E-state index contributed by atoms with van der Waals surface area (Å²) in [5.41, 5.74) is 3.71. The number of benzene rings is 1.